The van der Waals surface area contributed by atoms with Crippen molar-refractivity contribution in [2.45, 2.75) is 103 Å². The van der Waals surface area contributed by atoms with Gasteiger partial charge in [0, 0.05) is 44.3 Å². The third kappa shape index (κ3) is 7.38. The van der Waals surface area contributed by atoms with Gasteiger partial charge in [-0.2, -0.15) is 18.2 Å². The SMILES string of the molecule is [2H]c1c([2H])c([2H])c(-c2c(-[n+]3[c-]n(-c4[c-]c(Oc5[c-]c6c(cc5)c5ccccc5n6-c5cc(C(C)(C)C)ccn5)ccc4)c4ccccc43)c(-c3c([2H])c([2H])c([2H])c([2H])c3[2H])c3c4c2C(C)(C)CCC4(C)CCC3(C)C)c([2H])c1[2H].[Pt]. The summed E-state index contributed by atoms with van der Waals surface area (Å²) in [4.78, 5) is 4.84. The molecule has 352 valence electrons. The van der Waals surface area contributed by atoms with Gasteiger partial charge >= 0.3 is 0 Å². The minimum Gasteiger partial charge on any atom is -0.510 e. The molecule has 0 radical (unpaired) electrons. The molecule has 0 fully saturated rings. The van der Waals surface area contributed by atoms with E-state index in [9.17, 15) is 5.48 Å². The van der Waals surface area contributed by atoms with E-state index in [0.29, 0.717) is 57.9 Å². The summed E-state index contributed by atoms with van der Waals surface area (Å²) in [6, 6.07) is 31.7. The molecule has 0 saturated heterocycles. The van der Waals surface area contributed by atoms with Crippen LogP contribution in [0.2, 0.25) is 0 Å². The number of nitrogens with zero attached hydrogens (tertiary/aromatic N) is 4. The van der Waals surface area contributed by atoms with Crippen LogP contribution in [-0.2, 0) is 42.7 Å². The molecule has 0 bridgehead atoms. The molecule has 0 unspecified atom stereocenters. The Morgan fingerprint density at radius 2 is 1.26 bits per heavy atom. The number of pyridine rings is 1. The minimum absolute atomic E-state index is 0. The third-order valence-corrected chi connectivity index (χ3v) is 14.9. The predicted octanol–water partition coefficient (Wildman–Crippen LogP) is 15.6. The van der Waals surface area contributed by atoms with E-state index in [4.69, 9.17) is 17.9 Å². The quantitative estimate of drug-likeness (QED) is 0.118. The summed E-state index contributed by atoms with van der Waals surface area (Å²) in [5.41, 5.74) is 6.18. The molecule has 0 atom stereocenters. The summed E-state index contributed by atoms with van der Waals surface area (Å²) in [6.45, 7) is 17.3. The largest absolute Gasteiger partial charge is 0.510 e. The number of hydrogen-bond acceptors (Lipinski definition) is 2. The minimum atomic E-state index is -0.651. The van der Waals surface area contributed by atoms with E-state index in [1.165, 1.54) is 0 Å². The standard InChI is InChI=1S/C64H58N4O.Pt/c1-61(2,3)44-32-37-65-54(38-44)68-50-27-16-15-26-48(50)49-31-30-47(40-53(49)68)69-46-25-19-24-45(39-46)66-41-67(52-29-18-17-28-51(52)66)60-55(42-20-11-9-12-21-42)57-59-58(56(60)43-22-13-10-14-23-43)63(6,7)34-36-64(59,8)35-33-62(57,4)5;/h9-32,37-38H,33-36H2,1-8H3;/q-2;/i9D,10D,11D,12D,13D,14D,20D,21D,22D,23D;. The number of para-hydroxylation sites is 3. The Balaban J connectivity index is 0.00000675. The van der Waals surface area contributed by atoms with Gasteiger partial charge in [-0.25, -0.2) is 4.98 Å². The van der Waals surface area contributed by atoms with E-state index in [0.717, 1.165) is 62.7 Å². The Morgan fingerprint density at radius 3 is 1.91 bits per heavy atom. The van der Waals surface area contributed by atoms with Gasteiger partial charge in [-0.1, -0.05) is 164 Å². The molecule has 7 aromatic carbocycles. The first-order chi connectivity index (χ1) is 37.3. The molecular weight excluding hydrogens is 1040 g/mol. The molecule has 5 nitrogen and oxygen atoms in total. The monoisotopic (exact) mass is 1100 g/mol. The smallest absolute Gasteiger partial charge is 0.268 e. The van der Waals surface area contributed by atoms with Crippen LogP contribution in [0.1, 0.15) is 117 Å². The van der Waals surface area contributed by atoms with E-state index in [1.807, 2.05) is 83.6 Å². The van der Waals surface area contributed by atoms with Gasteiger partial charge in [0.25, 0.3) is 6.33 Å². The second-order valence-electron chi connectivity index (χ2n) is 21.4. The molecular formula is C64H58N4OPt-2. The molecule has 0 spiro atoms. The molecule has 6 heteroatoms. The number of benzene rings is 7. The summed E-state index contributed by atoms with van der Waals surface area (Å²) < 4.78 is 105. The van der Waals surface area contributed by atoms with E-state index in [2.05, 4.69) is 96.6 Å². The van der Waals surface area contributed by atoms with Crippen molar-refractivity contribution in [1.82, 2.24) is 14.1 Å². The number of rotatable bonds is 7. The third-order valence-electron chi connectivity index (χ3n) is 14.9. The van der Waals surface area contributed by atoms with Crippen molar-refractivity contribution >= 4 is 32.8 Å². The van der Waals surface area contributed by atoms with Crippen LogP contribution < -0.4 is 9.30 Å². The van der Waals surface area contributed by atoms with Gasteiger partial charge in [0.1, 0.15) is 5.82 Å². The summed E-state index contributed by atoms with van der Waals surface area (Å²) in [6.07, 6.45) is 8.46. The molecule has 2 aliphatic carbocycles. The van der Waals surface area contributed by atoms with Crippen LogP contribution in [0.15, 0.2) is 158 Å². The van der Waals surface area contributed by atoms with Gasteiger partial charge in [-0.05, 0) is 121 Å². The fourth-order valence-corrected chi connectivity index (χ4v) is 11.3. The number of ether oxygens (including phenoxy) is 1. The van der Waals surface area contributed by atoms with Crippen LogP contribution >= 0.6 is 0 Å². The van der Waals surface area contributed by atoms with Gasteiger partial charge in [-0.15, -0.1) is 29.7 Å². The summed E-state index contributed by atoms with van der Waals surface area (Å²) in [5, 5.41) is 2.04. The normalized spacial score (nSPS) is 17.7. The van der Waals surface area contributed by atoms with E-state index in [1.54, 1.807) is 4.57 Å². The van der Waals surface area contributed by atoms with E-state index >= 15 is 0 Å². The maximum Gasteiger partial charge on any atom is 0.268 e. The molecule has 10 aromatic rings. The van der Waals surface area contributed by atoms with Crippen molar-refractivity contribution in [2.75, 3.05) is 0 Å². The van der Waals surface area contributed by atoms with Crippen molar-refractivity contribution in [3.8, 4) is 50.9 Å². The number of aromatic nitrogens is 4. The van der Waals surface area contributed by atoms with Crippen LogP contribution in [-0.4, -0.2) is 14.1 Å². The van der Waals surface area contributed by atoms with Crippen LogP contribution in [0.3, 0.4) is 0 Å². The molecule has 3 heterocycles. The summed E-state index contributed by atoms with van der Waals surface area (Å²) in [5.74, 6) is 1.58. The Kier molecular flexibility index (Phi) is 8.53. The van der Waals surface area contributed by atoms with Gasteiger partial charge in [0.05, 0.1) is 30.4 Å². The van der Waals surface area contributed by atoms with Gasteiger partial charge in [-0.3, -0.25) is 4.57 Å². The van der Waals surface area contributed by atoms with Gasteiger partial charge in [0.2, 0.25) is 0 Å². The number of fused-ring (bicyclic) bond motifs is 4. The van der Waals surface area contributed by atoms with Crippen molar-refractivity contribution < 1.29 is 44.1 Å². The molecule has 3 aromatic heterocycles. The molecule has 0 N–H and O–H groups in total. The number of imidazole rings is 1. The Bertz CT molecular complexity index is 4100. The maximum atomic E-state index is 9.72. The summed E-state index contributed by atoms with van der Waals surface area (Å²) >= 11 is 0. The number of hydrogen-bond donors (Lipinski definition) is 0. The van der Waals surface area contributed by atoms with Gasteiger partial charge < -0.3 is 13.9 Å². The average molecular weight is 1100 g/mol. The van der Waals surface area contributed by atoms with Crippen LogP contribution in [0.5, 0.6) is 11.5 Å². The summed E-state index contributed by atoms with van der Waals surface area (Å²) in [7, 11) is 0. The zero-order chi connectivity index (χ0) is 56.2. The van der Waals surface area contributed by atoms with Crippen LogP contribution in [0, 0.1) is 18.5 Å². The zero-order valence-electron chi connectivity index (χ0n) is 50.6. The molecule has 0 saturated carbocycles. The molecule has 0 aliphatic heterocycles. The van der Waals surface area contributed by atoms with E-state index < -0.39 is 76.7 Å². The maximum absolute atomic E-state index is 9.72. The van der Waals surface area contributed by atoms with Crippen LogP contribution in [0.25, 0.3) is 72.3 Å². The van der Waals surface area contributed by atoms with Crippen molar-refractivity contribution in [3.63, 3.8) is 0 Å². The zero-order valence-corrected chi connectivity index (χ0v) is 42.9. The fourth-order valence-electron chi connectivity index (χ4n) is 11.3. The Morgan fingerprint density at radius 1 is 0.643 bits per heavy atom. The van der Waals surface area contributed by atoms with E-state index in [-0.39, 0.29) is 37.6 Å². The van der Waals surface area contributed by atoms with Crippen molar-refractivity contribution in [2.24, 2.45) is 0 Å². The average Bonchev–Trinajstić information content (AvgIpc) is 3.62. The second kappa shape index (κ2) is 16.8. The molecule has 2 aliphatic rings. The molecule has 12 rings (SSSR count). The van der Waals surface area contributed by atoms with Crippen LogP contribution in [0.4, 0.5) is 0 Å². The fraction of sp³-hybridized carbons (Fsp3) is 0.250. The second-order valence-corrected chi connectivity index (χ2v) is 21.4. The first-order valence-electron chi connectivity index (χ1n) is 28.8. The molecule has 70 heavy (non-hydrogen) atoms. The first kappa shape index (κ1) is 35.5. The Hall–Kier alpha value is -6.55. The topological polar surface area (TPSA) is 35.9 Å². The Labute approximate surface area is 441 Å². The predicted molar refractivity (Wildman–Crippen MR) is 281 cm³/mol. The molecule has 0 amide bonds. The van der Waals surface area contributed by atoms with Crippen molar-refractivity contribution in [3.05, 3.63) is 198 Å². The van der Waals surface area contributed by atoms with Gasteiger partial charge in [0.15, 0.2) is 0 Å². The van der Waals surface area contributed by atoms with Crippen molar-refractivity contribution in [1.29, 1.82) is 0 Å². The first-order valence-corrected chi connectivity index (χ1v) is 23.8.